The SMILES string of the molecule is O=C(Cc1ccc(Cl)cc1)Nc1ccc(S(=O)(=O)N2CCC(Cc3ccccc3)CC2)cc1. The van der Waals surface area contributed by atoms with E-state index in [-0.39, 0.29) is 17.2 Å². The molecular weight excluding hydrogens is 456 g/mol. The van der Waals surface area contributed by atoms with Gasteiger partial charge in [-0.1, -0.05) is 54.1 Å². The van der Waals surface area contributed by atoms with Gasteiger partial charge in [-0.3, -0.25) is 4.79 Å². The number of piperidine rings is 1. The lowest BCUT2D eigenvalue weighted by atomic mass is 9.91. The quantitative estimate of drug-likeness (QED) is 0.505. The van der Waals surface area contributed by atoms with Crippen LogP contribution in [0.2, 0.25) is 5.02 Å². The van der Waals surface area contributed by atoms with Gasteiger partial charge in [0.1, 0.15) is 0 Å². The van der Waals surface area contributed by atoms with E-state index >= 15 is 0 Å². The number of anilines is 1. The van der Waals surface area contributed by atoms with Crippen molar-refractivity contribution in [2.45, 2.75) is 30.6 Å². The third kappa shape index (κ3) is 6.22. The Morgan fingerprint density at radius 3 is 2.15 bits per heavy atom. The largest absolute Gasteiger partial charge is 0.326 e. The molecule has 1 saturated heterocycles. The lowest BCUT2D eigenvalue weighted by molar-refractivity contribution is -0.115. The van der Waals surface area contributed by atoms with Gasteiger partial charge in [-0.25, -0.2) is 8.42 Å². The average Bonchev–Trinajstić information content (AvgIpc) is 2.82. The van der Waals surface area contributed by atoms with Gasteiger partial charge in [0.25, 0.3) is 0 Å². The van der Waals surface area contributed by atoms with Crippen LogP contribution in [0.1, 0.15) is 24.0 Å². The maximum absolute atomic E-state index is 13.1. The fourth-order valence-electron chi connectivity index (χ4n) is 4.15. The van der Waals surface area contributed by atoms with Crippen LogP contribution in [0.25, 0.3) is 0 Å². The van der Waals surface area contributed by atoms with Crippen molar-refractivity contribution in [2.24, 2.45) is 5.92 Å². The zero-order valence-corrected chi connectivity index (χ0v) is 19.9. The van der Waals surface area contributed by atoms with Crippen molar-refractivity contribution >= 4 is 33.2 Å². The second kappa shape index (κ2) is 10.5. The maximum atomic E-state index is 13.1. The molecule has 1 aliphatic rings. The van der Waals surface area contributed by atoms with E-state index in [4.69, 9.17) is 11.6 Å². The Morgan fingerprint density at radius 1 is 0.879 bits per heavy atom. The van der Waals surface area contributed by atoms with Gasteiger partial charge in [0, 0.05) is 23.8 Å². The molecule has 0 spiro atoms. The van der Waals surface area contributed by atoms with Crippen LogP contribution in [0.3, 0.4) is 0 Å². The molecule has 1 heterocycles. The van der Waals surface area contributed by atoms with Crippen molar-refractivity contribution in [3.8, 4) is 0 Å². The van der Waals surface area contributed by atoms with Crippen LogP contribution in [0.5, 0.6) is 0 Å². The molecule has 1 fully saturated rings. The number of halogens is 1. The lowest BCUT2D eigenvalue weighted by Crippen LogP contribution is -2.38. The van der Waals surface area contributed by atoms with Gasteiger partial charge in [0.2, 0.25) is 15.9 Å². The van der Waals surface area contributed by atoms with Gasteiger partial charge in [0.15, 0.2) is 0 Å². The van der Waals surface area contributed by atoms with E-state index in [9.17, 15) is 13.2 Å². The molecule has 0 saturated carbocycles. The minimum atomic E-state index is -3.55. The van der Waals surface area contributed by atoms with Crippen LogP contribution in [-0.4, -0.2) is 31.7 Å². The zero-order valence-electron chi connectivity index (χ0n) is 18.3. The Bertz CT molecular complexity index is 1170. The molecule has 0 bridgehead atoms. The van der Waals surface area contributed by atoms with E-state index < -0.39 is 10.0 Å². The maximum Gasteiger partial charge on any atom is 0.243 e. The highest BCUT2D eigenvalue weighted by atomic mass is 35.5. The Balaban J connectivity index is 1.32. The Morgan fingerprint density at radius 2 is 1.52 bits per heavy atom. The van der Waals surface area contributed by atoms with Gasteiger partial charge in [-0.05, 0) is 72.7 Å². The molecule has 33 heavy (non-hydrogen) atoms. The van der Waals surface area contributed by atoms with Gasteiger partial charge >= 0.3 is 0 Å². The van der Waals surface area contributed by atoms with Crippen LogP contribution in [-0.2, 0) is 27.7 Å². The van der Waals surface area contributed by atoms with Crippen molar-refractivity contribution < 1.29 is 13.2 Å². The summed E-state index contributed by atoms with van der Waals surface area (Å²) >= 11 is 5.87. The molecule has 0 unspecified atom stereocenters. The Labute approximate surface area is 200 Å². The topological polar surface area (TPSA) is 66.5 Å². The molecule has 7 heteroatoms. The smallest absolute Gasteiger partial charge is 0.243 e. The molecule has 1 aliphatic heterocycles. The Kier molecular flexibility index (Phi) is 7.48. The highest BCUT2D eigenvalue weighted by Gasteiger charge is 2.29. The summed E-state index contributed by atoms with van der Waals surface area (Å²) < 4.78 is 27.7. The molecule has 4 rings (SSSR count). The van der Waals surface area contributed by atoms with Gasteiger partial charge < -0.3 is 5.32 Å². The van der Waals surface area contributed by atoms with Crippen molar-refractivity contribution in [2.75, 3.05) is 18.4 Å². The van der Waals surface area contributed by atoms with Crippen molar-refractivity contribution in [3.63, 3.8) is 0 Å². The number of nitrogens with one attached hydrogen (secondary N) is 1. The first-order valence-electron chi connectivity index (χ1n) is 11.1. The summed E-state index contributed by atoms with van der Waals surface area (Å²) in [6.45, 7) is 1.05. The molecule has 0 aliphatic carbocycles. The predicted octanol–water partition coefficient (Wildman–Crippen LogP) is 5.16. The molecule has 0 atom stereocenters. The second-order valence-electron chi connectivity index (χ2n) is 8.41. The van der Waals surface area contributed by atoms with Crippen LogP contribution >= 0.6 is 11.6 Å². The first kappa shape index (κ1) is 23.5. The summed E-state index contributed by atoms with van der Waals surface area (Å²) in [6, 6.07) is 23.8. The van der Waals surface area contributed by atoms with Crippen molar-refractivity contribution in [1.82, 2.24) is 4.31 Å². The summed E-state index contributed by atoms with van der Waals surface area (Å²) in [5.74, 6) is 0.325. The predicted molar refractivity (Wildman–Crippen MR) is 132 cm³/mol. The summed E-state index contributed by atoms with van der Waals surface area (Å²) in [5, 5.41) is 3.43. The van der Waals surface area contributed by atoms with E-state index in [0.717, 1.165) is 24.8 Å². The van der Waals surface area contributed by atoms with Crippen LogP contribution in [0.4, 0.5) is 5.69 Å². The van der Waals surface area contributed by atoms with E-state index in [0.29, 0.717) is 29.7 Å². The average molecular weight is 483 g/mol. The lowest BCUT2D eigenvalue weighted by Gasteiger charge is -2.31. The second-order valence-corrected chi connectivity index (χ2v) is 10.8. The monoisotopic (exact) mass is 482 g/mol. The van der Waals surface area contributed by atoms with Crippen LogP contribution in [0, 0.1) is 5.92 Å². The minimum Gasteiger partial charge on any atom is -0.326 e. The number of amides is 1. The molecule has 0 aromatic heterocycles. The van der Waals surface area contributed by atoms with Gasteiger partial charge in [-0.15, -0.1) is 0 Å². The Hall–Kier alpha value is -2.67. The summed E-state index contributed by atoms with van der Waals surface area (Å²) in [7, 11) is -3.55. The highest BCUT2D eigenvalue weighted by molar-refractivity contribution is 7.89. The highest BCUT2D eigenvalue weighted by Crippen LogP contribution is 2.27. The standard InChI is InChI=1S/C26H27ClN2O3S/c27-23-8-6-21(7-9-23)19-26(30)28-24-10-12-25(13-11-24)33(31,32)29-16-14-22(15-17-29)18-20-4-2-1-3-5-20/h1-13,22H,14-19H2,(H,28,30). The van der Waals surface area contributed by atoms with E-state index in [1.807, 2.05) is 18.2 Å². The van der Waals surface area contributed by atoms with E-state index in [1.165, 1.54) is 5.56 Å². The first-order chi connectivity index (χ1) is 15.9. The number of sulfonamides is 1. The molecule has 5 nitrogen and oxygen atoms in total. The number of hydrogen-bond donors (Lipinski definition) is 1. The summed E-state index contributed by atoms with van der Waals surface area (Å²) in [6.07, 6.45) is 2.91. The van der Waals surface area contributed by atoms with Crippen LogP contribution < -0.4 is 5.32 Å². The van der Waals surface area contributed by atoms with E-state index in [2.05, 4.69) is 17.4 Å². The fraction of sp³-hybridized carbons (Fsp3) is 0.269. The van der Waals surface area contributed by atoms with Gasteiger partial charge in [-0.2, -0.15) is 4.31 Å². The van der Waals surface area contributed by atoms with Crippen LogP contribution in [0.15, 0.2) is 83.8 Å². The van der Waals surface area contributed by atoms with Crippen molar-refractivity contribution in [1.29, 1.82) is 0 Å². The number of rotatable bonds is 7. The third-order valence-electron chi connectivity index (χ3n) is 5.99. The number of benzene rings is 3. The van der Waals surface area contributed by atoms with Crippen molar-refractivity contribution in [3.05, 3.63) is 95.0 Å². The first-order valence-corrected chi connectivity index (χ1v) is 12.9. The molecule has 172 valence electrons. The molecular formula is C26H27ClN2O3S. The van der Waals surface area contributed by atoms with E-state index in [1.54, 1.807) is 52.8 Å². The third-order valence-corrected chi connectivity index (χ3v) is 8.16. The number of hydrogen-bond acceptors (Lipinski definition) is 3. The molecule has 0 radical (unpaired) electrons. The minimum absolute atomic E-state index is 0.173. The molecule has 3 aromatic rings. The summed E-state index contributed by atoms with van der Waals surface area (Å²) in [4.78, 5) is 12.5. The molecule has 3 aromatic carbocycles. The number of carbonyl (C=O) groups excluding carboxylic acids is 1. The fourth-order valence-corrected chi connectivity index (χ4v) is 5.75. The molecule has 1 N–H and O–H groups in total. The molecule has 1 amide bonds. The number of nitrogens with zero attached hydrogens (tertiary/aromatic N) is 1. The summed E-state index contributed by atoms with van der Waals surface area (Å²) in [5.41, 5.74) is 2.72. The normalized spacial score (nSPS) is 15.3. The number of carbonyl (C=O) groups is 1. The zero-order chi connectivity index (χ0) is 23.3. The van der Waals surface area contributed by atoms with Gasteiger partial charge in [0.05, 0.1) is 11.3 Å².